The molecule has 0 bridgehead atoms. The average Bonchev–Trinajstić information content (AvgIpc) is 2.47. The predicted octanol–water partition coefficient (Wildman–Crippen LogP) is 2.12. The molecule has 2 unspecified atom stereocenters. The van der Waals surface area contributed by atoms with Crippen LogP contribution in [0.2, 0.25) is 0 Å². The van der Waals surface area contributed by atoms with Gasteiger partial charge in [0.2, 0.25) is 0 Å². The largest absolute Gasteiger partial charge is 0.247 e. The number of alkyl halides is 2. The summed E-state index contributed by atoms with van der Waals surface area (Å²) in [6.45, 7) is 0. The van der Waals surface area contributed by atoms with Crippen LogP contribution in [0.3, 0.4) is 0 Å². The van der Waals surface area contributed by atoms with Crippen molar-refractivity contribution in [3.8, 4) is 0 Å². The molecular formula is C6H8ClF. The van der Waals surface area contributed by atoms with E-state index in [0.29, 0.717) is 0 Å². The zero-order valence-corrected chi connectivity index (χ0v) is 5.29. The van der Waals surface area contributed by atoms with Gasteiger partial charge in [-0.1, -0.05) is 0 Å². The number of rotatable bonds is 1. The summed E-state index contributed by atoms with van der Waals surface area (Å²) in [7, 11) is 0. The van der Waals surface area contributed by atoms with Gasteiger partial charge in [-0.15, -0.1) is 11.6 Å². The molecule has 2 aliphatic carbocycles. The topological polar surface area (TPSA) is 0 Å². The standard InChI is InChI=1S/C6H8ClF/c7-6(1-2-6)4-3-5(4)8/h4-5H,1-3H2. The molecule has 0 aromatic heterocycles. The molecule has 0 amide bonds. The van der Waals surface area contributed by atoms with Gasteiger partial charge in [-0.2, -0.15) is 0 Å². The van der Waals surface area contributed by atoms with E-state index in [9.17, 15) is 4.39 Å². The zero-order valence-electron chi connectivity index (χ0n) is 4.53. The van der Waals surface area contributed by atoms with Gasteiger partial charge in [0, 0.05) is 5.92 Å². The quantitative estimate of drug-likeness (QED) is 0.482. The molecule has 0 spiro atoms. The van der Waals surface area contributed by atoms with E-state index in [4.69, 9.17) is 11.6 Å². The summed E-state index contributed by atoms with van der Waals surface area (Å²) in [6, 6.07) is 0. The van der Waals surface area contributed by atoms with Crippen LogP contribution in [0.4, 0.5) is 4.39 Å². The first-order chi connectivity index (χ1) is 3.72. The van der Waals surface area contributed by atoms with E-state index in [1.54, 1.807) is 0 Å². The van der Waals surface area contributed by atoms with E-state index in [2.05, 4.69) is 0 Å². The minimum Gasteiger partial charge on any atom is -0.247 e. The van der Waals surface area contributed by atoms with Crippen molar-refractivity contribution in [2.24, 2.45) is 5.92 Å². The number of hydrogen-bond donors (Lipinski definition) is 0. The van der Waals surface area contributed by atoms with Crippen LogP contribution in [0, 0.1) is 5.92 Å². The van der Waals surface area contributed by atoms with Crippen molar-refractivity contribution in [2.45, 2.75) is 30.3 Å². The van der Waals surface area contributed by atoms with Gasteiger partial charge < -0.3 is 0 Å². The fourth-order valence-electron chi connectivity index (χ4n) is 1.19. The summed E-state index contributed by atoms with van der Waals surface area (Å²) in [5.74, 6) is 0.226. The molecule has 2 fully saturated rings. The van der Waals surface area contributed by atoms with E-state index in [1.165, 1.54) is 0 Å². The second-order valence-electron chi connectivity index (χ2n) is 2.89. The van der Waals surface area contributed by atoms with Gasteiger partial charge in [-0.05, 0) is 19.3 Å². The van der Waals surface area contributed by atoms with Gasteiger partial charge in [0.15, 0.2) is 0 Å². The zero-order chi connectivity index (χ0) is 5.78. The monoisotopic (exact) mass is 134 g/mol. The van der Waals surface area contributed by atoms with Crippen LogP contribution in [-0.4, -0.2) is 11.0 Å². The molecule has 0 aromatic rings. The maximum Gasteiger partial charge on any atom is 0.105 e. The summed E-state index contributed by atoms with van der Waals surface area (Å²) in [5, 5.41) is 0. The molecule has 2 aliphatic rings. The Morgan fingerprint density at radius 3 is 2.12 bits per heavy atom. The second-order valence-corrected chi connectivity index (χ2v) is 3.65. The van der Waals surface area contributed by atoms with Crippen molar-refractivity contribution in [3.05, 3.63) is 0 Å². The molecule has 2 saturated carbocycles. The SMILES string of the molecule is FC1CC1C1(Cl)CC1. The van der Waals surface area contributed by atoms with Gasteiger partial charge in [-0.3, -0.25) is 0 Å². The molecule has 0 heterocycles. The van der Waals surface area contributed by atoms with Crippen molar-refractivity contribution in [1.29, 1.82) is 0 Å². The molecule has 0 radical (unpaired) electrons. The Morgan fingerprint density at radius 2 is 2.00 bits per heavy atom. The lowest BCUT2D eigenvalue weighted by atomic mass is 10.3. The first-order valence-corrected chi connectivity index (χ1v) is 3.43. The minimum atomic E-state index is -0.560. The molecule has 46 valence electrons. The van der Waals surface area contributed by atoms with Crippen LogP contribution >= 0.6 is 11.6 Å². The summed E-state index contributed by atoms with van der Waals surface area (Å²) in [5.41, 5.74) is 0. The highest BCUT2D eigenvalue weighted by molar-refractivity contribution is 6.26. The van der Waals surface area contributed by atoms with Crippen molar-refractivity contribution < 1.29 is 4.39 Å². The third-order valence-corrected chi connectivity index (χ3v) is 2.76. The summed E-state index contributed by atoms with van der Waals surface area (Å²) < 4.78 is 12.2. The van der Waals surface area contributed by atoms with E-state index >= 15 is 0 Å². The maximum atomic E-state index is 12.2. The molecule has 0 nitrogen and oxygen atoms in total. The Morgan fingerprint density at radius 1 is 1.50 bits per heavy atom. The van der Waals surface area contributed by atoms with Crippen molar-refractivity contribution in [1.82, 2.24) is 0 Å². The molecule has 0 aliphatic heterocycles. The first-order valence-electron chi connectivity index (χ1n) is 3.05. The number of hydrogen-bond acceptors (Lipinski definition) is 0. The summed E-state index contributed by atoms with van der Waals surface area (Å²) in [4.78, 5) is -0.0700. The van der Waals surface area contributed by atoms with Crippen molar-refractivity contribution in [3.63, 3.8) is 0 Å². The normalized spacial score (nSPS) is 48.8. The highest BCUT2D eigenvalue weighted by Crippen LogP contribution is 2.59. The lowest BCUT2D eigenvalue weighted by Gasteiger charge is -1.97. The molecule has 2 rings (SSSR count). The molecule has 0 saturated heterocycles. The van der Waals surface area contributed by atoms with Gasteiger partial charge in [0.1, 0.15) is 6.17 Å². The first kappa shape index (κ1) is 5.04. The molecule has 2 atom stereocenters. The van der Waals surface area contributed by atoms with Gasteiger partial charge in [0.25, 0.3) is 0 Å². The van der Waals surface area contributed by atoms with Crippen LogP contribution < -0.4 is 0 Å². The molecule has 0 N–H and O–H groups in total. The Labute approximate surface area is 53.0 Å². The molecular weight excluding hydrogens is 127 g/mol. The molecule has 0 aromatic carbocycles. The fraction of sp³-hybridized carbons (Fsp3) is 1.00. The number of halogens is 2. The maximum absolute atomic E-state index is 12.2. The lowest BCUT2D eigenvalue weighted by molar-refractivity contribution is 0.437. The predicted molar refractivity (Wildman–Crippen MR) is 30.8 cm³/mol. The van der Waals surface area contributed by atoms with Crippen LogP contribution in [0.25, 0.3) is 0 Å². The van der Waals surface area contributed by atoms with Crippen LogP contribution in [-0.2, 0) is 0 Å². The smallest absolute Gasteiger partial charge is 0.105 e. The van der Waals surface area contributed by atoms with E-state index in [1.807, 2.05) is 0 Å². The van der Waals surface area contributed by atoms with Crippen LogP contribution in [0.15, 0.2) is 0 Å². The Hall–Kier alpha value is 0.220. The van der Waals surface area contributed by atoms with Crippen LogP contribution in [0.5, 0.6) is 0 Å². The van der Waals surface area contributed by atoms with Crippen LogP contribution in [0.1, 0.15) is 19.3 Å². The average molecular weight is 135 g/mol. The van der Waals surface area contributed by atoms with Gasteiger partial charge >= 0.3 is 0 Å². The summed E-state index contributed by atoms with van der Waals surface area (Å²) in [6.07, 6.45) is 2.25. The molecule has 2 heteroatoms. The Balaban J connectivity index is 1.99. The second kappa shape index (κ2) is 1.21. The molecule has 8 heavy (non-hydrogen) atoms. The van der Waals surface area contributed by atoms with Gasteiger partial charge in [0.05, 0.1) is 4.87 Å². The van der Waals surface area contributed by atoms with Crippen molar-refractivity contribution >= 4 is 11.6 Å². The highest BCUT2D eigenvalue weighted by atomic mass is 35.5. The fourth-order valence-corrected chi connectivity index (χ4v) is 1.51. The van der Waals surface area contributed by atoms with E-state index in [0.717, 1.165) is 19.3 Å². The highest BCUT2D eigenvalue weighted by Gasteiger charge is 2.59. The lowest BCUT2D eigenvalue weighted by Crippen LogP contribution is -2.01. The Bertz CT molecular complexity index is 120. The van der Waals surface area contributed by atoms with E-state index < -0.39 is 6.17 Å². The third-order valence-electron chi connectivity index (χ3n) is 2.10. The summed E-state index contributed by atoms with van der Waals surface area (Å²) >= 11 is 5.90. The van der Waals surface area contributed by atoms with Gasteiger partial charge in [-0.25, -0.2) is 4.39 Å². The third kappa shape index (κ3) is 0.572. The Kier molecular flexibility index (Phi) is 0.760. The van der Waals surface area contributed by atoms with Crippen molar-refractivity contribution in [2.75, 3.05) is 0 Å². The van der Waals surface area contributed by atoms with E-state index in [-0.39, 0.29) is 10.8 Å². The minimum absolute atomic E-state index is 0.0700.